The summed E-state index contributed by atoms with van der Waals surface area (Å²) >= 11 is 0. The number of carbonyl (C=O) groups is 1. The molecule has 2 atom stereocenters. The molecule has 3 aliphatic heterocycles. The zero-order valence-corrected chi connectivity index (χ0v) is 21.5. The van der Waals surface area contributed by atoms with Crippen molar-refractivity contribution >= 4 is 34.5 Å². The lowest BCUT2D eigenvalue weighted by Gasteiger charge is -2.44. The summed E-state index contributed by atoms with van der Waals surface area (Å²) < 4.78 is 29.3. The smallest absolute Gasteiger partial charge is 0.404 e. The highest BCUT2D eigenvalue weighted by molar-refractivity contribution is 7.85. The maximum Gasteiger partial charge on any atom is 0.404 e. The molecular formula is C23H31N7O5S. The van der Waals surface area contributed by atoms with Crippen molar-refractivity contribution in [1.82, 2.24) is 15.0 Å². The predicted octanol–water partition coefficient (Wildman–Crippen LogP) is 1.31. The van der Waals surface area contributed by atoms with Crippen molar-refractivity contribution in [2.24, 2.45) is 5.73 Å². The van der Waals surface area contributed by atoms with Crippen molar-refractivity contribution in [3.63, 3.8) is 0 Å². The van der Waals surface area contributed by atoms with Crippen LogP contribution in [-0.2, 0) is 22.0 Å². The van der Waals surface area contributed by atoms with Crippen LogP contribution in [-0.4, -0.2) is 82.0 Å². The molecule has 5 rings (SSSR count). The number of pyridine rings is 1. The van der Waals surface area contributed by atoms with Crippen molar-refractivity contribution in [3.8, 4) is 11.5 Å². The molecule has 1 amide bonds. The summed E-state index contributed by atoms with van der Waals surface area (Å²) in [4.78, 5) is 30.3. The number of hydrogen-bond donors (Lipinski definition) is 2. The van der Waals surface area contributed by atoms with Crippen LogP contribution >= 0.6 is 0 Å². The molecule has 0 saturated carbocycles. The van der Waals surface area contributed by atoms with Gasteiger partial charge in [0, 0.05) is 37.9 Å². The van der Waals surface area contributed by atoms with E-state index in [1.165, 1.54) is 0 Å². The molecule has 12 nitrogen and oxygen atoms in total. The molecule has 36 heavy (non-hydrogen) atoms. The number of rotatable bonds is 7. The van der Waals surface area contributed by atoms with Gasteiger partial charge in [0.25, 0.3) is 0 Å². The van der Waals surface area contributed by atoms with Gasteiger partial charge >= 0.3 is 6.09 Å². The van der Waals surface area contributed by atoms with Gasteiger partial charge in [0.15, 0.2) is 11.6 Å². The fourth-order valence-electron chi connectivity index (χ4n) is 4.65. The molecule has 0 spiro atoms. The Morgan fingerprint density at radius 1 is 1.36 bits per heavy atom. The molecule has 1 saturated heterocycles. The molecule has 1 unspecified atom stereocenters. The van der Waals surface area contributed by atoms with Crippen molar-refractivity contribution in [3.05, 3.63) is 18.0 Å². The number of amides is 1. The van der Waals surface area contributed by atoms with Crippen molar-refractivity contribution in [1.29, 1.82) is 0 Å². The molecule has 1 fully saturated rings. The number of fused-ring (bicyclic) bond motifs is 4. The Balaban J connectivity index is 1.37. The summed E-state index contributed by atoms with van der Waals surface area (Å²) in [5.41, 5.74) is 5.25. The molecule has 5 heterocycles. The number of carbonyl (C=O) groups excluding carboxylic acids is 1. The van der Waals surface area contributed by atoms with E-state index < -0.39 is 22.4 Å². The van der Waals surface area contributed by atoms with Gasteiger partial charge in [-0.1, -0.05) is 0 Å². The molecule has 0 aliphatic carbocycles. The van der Waals surface area contributed by atoms with E-state index in [1.54, 1.807) is 6.20 Å². The van der Waals surface area contributed by atoms with Crippen LogP contribution in [0.3, 0.4) is 0 Å². The number of piperazine rings is 1. The molecule has 0 bridgehead atoms. The minimum Gasteiger partial charge on any atom is -0.492 e. The van der Waals surface area contributed by atoms with Crippen LogP contribution < -0.4 is 30.3 Å². The van der Waals surface area contributed by atoms with Crippen LogP contribution in [0.25, 0.3) is 0 Å². The molecule has 2 aromatic heterocycles. The van der Waals surface area contributed by atoms with E-state index in [9.17, 15) is 9.00 Å². The Hall–Kier alpha value is -3.35. The Labute approximate surface area is 212 Å². The van der Waals surface area contributed by atoms with E-state index in [0.717, 1.165) is 23.8 Å². The summed E-state index contributed by atoms with van der Waals surface area (Å²) in [5, 5.41) is 3.31. The van der Waals surface area contributed by atoms with Crippen LogP contribution in [0.15, 0.2) is 17.2 Å². The third kappa shape index (κ3) is 4.84. The standard InChI is InChI=1S/C23H31N7O5S/c1-4-33-15-9-17-20(25-10-15)30-7-6-29(11-14(30)12-34-17)22-26-16-5-8-36(32)18(16)19(27-22)28-23(2,3)13-35-21(24)31/h9-10,14H,4-8,11-13H2,1-3H3,(H2,24,31)(H,26,27,28)/t14-,36?/m1/s1. The summed E-state index contributed by atoms with van der Waals surface area (Å²) in [7, 11) is -1.19. The predicted molar refractivity (Wildman–Crippen MR) is 134 cm³/mol. The number of aryl methyl sites for hydroxylation is 1. The largest absolute Gasteiger partial charge is 0.492 e. The van der Waals surface area contributed by atoms with E-state index in [0.29, 0.717) is 60.9 Å². The van der Waals surface area contributed by atoms with Gasteiger partial charge in [-0.2, -0.15) is 4.98 Å². The number of aromatic nitrogens is 3. The van der Waals surface area contributed by atoms with Gasteiger partial charge < -0.3 is 35.1 Å². The lowest BCUT2D eigenvalue weighted by atomic mass is 10.1. The third-order valence-corrected chi connectivity index (χ3v) is 7.75. The number of primary amides is 1. The third-order valence-electron chi connectivity index (χ3n) is 6.30. The normalized spacial score (nSPS) is 20.6. The fraction of sp³-hybridized carbons (Fsp3) is 0.565. The second-order valence-corrected chi connectivity index (χ2v) is 11.1. The molecule has 0 radical (unpaired) electrons. The first-order chi connectivity index (χ1) is 17.2. The first kappa shape index (κ1) is 24.3. The summed E-state index contributed by atoms with van der Waals surface area (Å²) in [5.74, 6) is 3.83. The quantitative estimate of drug-likeness (QED) is 0.548. The number of anilines is 3. The summed E-state index contributed by atoms with van der Waals surface area (Å²) in [6.45, 7) is 8.87. The number of hydrogen-bond acceptors (Lipinski definition) is 11. The molecule has 3 aliphatic rings. The van der Waals surface area contributed by atoms with Crippen LogP contribution in [0.1, 0.15) is 26.5 Å². The molecule has 0 aromatic carbocycles. The highest BCUT2D eigenvalue weighted by atomic mass is 32.2. The van der Waals surface area contributed by atoms with Crippen LogP contribution in [0.5, 0.6) is 11.5 Å². The molecule has 13 heteroatoms. The van der Waals surface area contributed by atoms with Gasteiger partial charge in [0.05, 0.1) is 40.9 Å². The minimum atomic E-state index is -1.19. The second-order valence-electron chi connectivity index (χ2n) is 9.59. The van der Waals surface area contributed by atoms with Crippen LogP contribution in [0.4, 0.5) is 22.4 Å². The Bertz CT molecular complexity index is 1190. The van der Waals surface area contributed by atoms with Crippen molar-refractivity contribution < 1.29 is 23.2 Å². The topological polar surface area (TPSA) is 145 Å². The van der Waals surface area contributed by atoms with Gasteiger partial charge in [-0.25, -0.2) is 14.8 Å². The monoisotopic (exact) mass is 517 g/mol. The van der Waals surface area contributed by atoms with Crippen LogP contribution in [0, 0.1) is 0 Å². The number of nitrogens with two attached hydrogens (primary N) is 1. The van der Waals surface area contributed by atoms with Crippen LogP contribution in [0.2, 0.25) is 0 Å². The summed E-state index contributed by atoms with van der Waals surface area (Å²) in [6.07, 6.45) is 1.50. The lowest BCUT2D eigenvalue weighted by molar-refractivity contribution is 0.138. The molecule has 2 aromatic rings. The molecule has 194 valence electrons. The number of ether oxygens (including phenoxy) is 3. The Kier molecular flexibility index (Phi) is 6.49. The zero-order valence-electron chi connectivity index (χ0n) is 20.7. The van der Waals surface area contributed by atoms with E-state index in [1.807, 2.05) is 26.8 Å². The van der Waals surface area contributed by atoms with Gasteiger partial charge in [0.2, 0.25) is 5.95 Å². The van der Waals surface area contributed by atoms with E-state index >= 15 is 0 Å². The Morgan fingerprint density at radius 3 is 2.97 bits per heavy atom. The maximum atomic E-state index is 12.7. The molecular weight excluding hydrogens is 486 g/mol. The van der Waals surface area contributed by atoms with Gasteiger partial charge in [-0.15, -0.1) is 0 Å². The number of nitrogens with one attached hydrogen (secondary N) is 1. The van der Waals surface area contributed by atoms with Crippen molar-refractivity contribution in [2.75, 3.05) is 60.3 Å². The zero-order chi connectivity index (χ0) is 25.4. The second kappa shape index (κ2) is 9.60. The SMILES string of the molecule is CCOc1cnc2c(c1)OC[C@H]1CN(c3nc4c(c(NC(C)(C)COC(N)=O)n3)S(=O)CC4)CCN21. The average molecular weight is 518 g/mol. The first-order valence-corrected chi connectivity index (χ1v) is 13.3. The number of nitrogens with zero attached hydrogens (tertiary/aromatic N) is 5. The first-order valence-electron chi connectivity index (χ1n) is 12.0. The highest BCUT2D eigenvalue weighted by Gasteiger charge is 2.36. The average Bonchev–Trinajstić information content (AvgIpc) is 3.23. The van der Waals surface area contributed by atoms with E-state index in [4.69, 9.17) is 29.9 Å². The van der Waals surface area contributed by atoms with E-state index in [-0.39, 0.29) is 12.6 Å². The minimum absolute atomic E-state index is 0.0403. The highest BCUT2D eigenvalue weighted by Crippen LogP contribution is 2.37. The summed E-state index contributed by atoms with van der Waals surface area (Å²) in [6, 6.07) is 1.97. The molecule has 3 N–H and O–H groups in total. The lowest BCUT2D eigenvalue weighted by Crippen LogP contribution is -2.58. The van der Waals surface area contributed by atoms with Gasteiger partial charge in [-0.3, -0.25) is 4.21 Å². The Morgan fingerprint density at radius 2 is 2.19 bits per heavy atom. The van der Waals surface area contributed by atoms with Gasteiger partial charge in [0.1, 0.15) is 29.7 Å². The fourth-order valence-corrected chi connectivity index (χ4v) is 5.96. The van der Waals surface area contributed by atoms with Gasteiger partial charge in [-0.05, 0) is 20.8 Å². The maximum absolute atomic E-state index is 12.7. The van der Waals surface area contributed by atoms with Crippen molar-refractivity contribution in [2.45, 2.75) is 43.7 Å². The van der Waals surface area contributed by atoms with E-state index in [2.05, 4.69) is 20.1 Å².